The number of hydrogen-bond acceptors (Lipinski definition) is 6. The summed E-state index contributed by atoms with van der Waals surface area (Å²) in [5.74, 6) is 0.837. The minimum Gasteiger partial charge on any atom is -0.333 e. The lowest BCUT2D eigenvalue weighted by Crippen LogP contribution is -2.36. The standard InChI is InChI=1S/C20H16ClN5O2S/c1-25-14-9-10-26(20(27)15-7-8-16(21)29-15)11-13(14)17(23-25)19-22-18(24-28-19)12-5-3-2-4-6-12/h2-8H,9-11H2,1H3. The van der Waals surface area contributed by atoms with Crippen LogP contribution in [0.4, 0.5) is 0 Å². The number of hydrogen-bond donors (Lipinski definition) is 0. The lowest BCUT2D eigenvalue weighted by molar-refractivity contribution is 0.0738. The number of aryl methyl sites for hydroxylation is 1. The number of aromatic nitrogens is 4. The van der Waals surface area contributed by atoms with Crippen molar-refractivity contribution in [1.82, 2.24) is 24.8 Å². The Hall–Kier alpha value is -2.97. The topological polar surface area (TPSA) is 77.1 Å². The molecule has 0 bridgehead atoms. The van der Waals surface area contributed by atoms with E-state index in [0.717, 1.165) is 16.8 Å². The fourth-order valence-corrected chi connectivity index (χ4v) is 4.56. The van der Waals surface area contributed by atoms with Crippen molar-refractivity contribution in [2.75, 3.05) is 6.54 Å². The predicted octanol–water partition coefficient (Wildman–Crippen LogP) is 4.05. The van der Waals surface area contributed by atoms with Crippen molar-refractivity contribution in [3.05, 3.63) is 62.9 Å². The van der Waals surface area contributed by atoms with Crippen LogP contribution in [0.2, 0.25) is 4.34 Å². The van der Waals surface area contributed by atoms with Gasteiger partial charge >= 0.3 is 0 Å². The van der Waals surface area contributed by atoms with Crippen molar-refractivity contribution in [1.29, 1.82) is 0 Å². The first kappa shape index (κ1) is 18.1. The van der Waals surface area contributed by atoms with Gasteiger partial charge < -0.3 is 9.42 Å². The van der Waals surface area contributed by atoms with Crippen molar-refractivity contribution >= 4 is 28.8 Å². The van der Waals surface area contributed by atoms with Gasteiger partial charge in [0.1, 0.15) is 0 Å². The molecule has 1 aliphatic rings. The Kier molecular flexibility index (Phi) is 4.44. The van der Waals surface area contributed by atoms with Gasteiger partial charge in [0.2, 0.25) is 5.82 Å². The van der Waals surface area contributed by atoms with Gasteiger partial charge in [0.05, 0.1) is 15.8 Å². The van der Waals surface area contributed by atoms with E-state index < -0.39 is 0 Å². The summed E-state index contributed by atoms with van der Waals surface area (Å²) >= 11 is 7.28. The van der Waals surface area contributed by atoms with Gasteiger partial charge in [-0.1, -0.05) is 47.1 Å². The quantitative estimate of drug-likeness (QED) is 0.495. The molecule has 4 aromatic rings. The van der Waals surface area contributed by atoms with E-state index in [4.69, 9.17) is 16.1 Å². The van der Waals surface area contributed by atoms with Crippen molar-refractivity contribution in [2.45, 2.75) is 13.0 Å². The molecule has 0 unspecified atom stereocenters. The summed E-state index contributed by atoms with van der Waals surface area (Å²) in [6.07, 6.45) is 0.712. The third-order valence-electron chi connectivity index (χ3n) is 4.97. The van der Waals surface area contributed by atoms with Crippen molar-refractivity contribution in [2.24, 2.45) is 7.05 Å². The largest absolute Gasteiger partial charge is 0.333 e. The van der Waals surface area contributed by atoms with E-state index >= 15 is 0 Å². The van der Waals surface area contributed by atoms with Gasteiger partial charge in [-0.2, -0.15) is 10.1 Å². The minimum absolute atomic E-state index is 0.0298. The smallest absolute Gasteiger partial charge is 0.279 e. The number of halogens is 1. The number of carbonyl (C=O) groups is 1. The second-order valence-corrected chi connectivity index (χ2v) is 8.48. The van der Waals surface area contributed by atoms with Crippen LogP contribution in [0.3, 0.4) is 0 Å². The molecule has 0 radical (unpaired) electrons. The van der Waals surface area contributed by atoms with E-state index in [1.165, 1.54) is 11.3 Å². The Morgan fingerprint density at radius 3 is 2.79 bits per heavy atom. The van der Waals surface area contributed by atoms with Crippen LogP contribution < -0.4 is 0 Å². The molecule has 9 heteroatoms. The van der Waals surface area contributed by atoms with Crippen LogP contribution in [0.15, 0.2) is 47.0 Å². The monoisotopic (exact) mass is 425 g/mol. The lowest BCUT2D eigenvalue weighted by atomic mass is 10.0. The average Bonchev–Trinajstić information content (AvgIpc) is 3.47. The second kappa shape index (κ2) is 7.13. The van der Waals surface area contributed by atoms with E-state index in [1.807, 2.05) is 47.0 Å². The Labute approximate surface area is 175 Å². The van der Waals surface area contributed by atoms with E-state index in [2.05, 4.69) is 15.2 Å². The first-order valence-corrected chi connectivity index (χ1v) is 10.3. The highest BCUT2D eigenvalue weighted by Crippen LogP contribution is 2.31. The first-order chi connectivity index (χ1) is 14.1. The summed E-state index contributed by atoms with van der Waals surface area (Å²) < 4.78 is 7.95. The maximum Gasteiger partial charge on any atom is 0.279 e. The molecule has 0 N–H and O–H groups in total. The van der Waals surface area contributed by atoms with Gasteiger partial charge in [0, 0.05) is 36.8 Å². The molecule has 7 nitrogen and oxygen atoms in total. The minimum atomic E-state index is -0.0298. The summed E-state index contributed by atoms with van der Waals surface area (Å²) in [4.78, 5) is 19.8. The summed E-state index contributed by atoms with van der Waals surface area (Å²) in [5, 5.41) is 8.70. The molecule has 0 spiro atoms. The predicted molar refractivity (Wildman–Crippen MR) is 110 cm³/mol. The molecule has 1 aliphatic heterocycles. The zero-order chi connectivity index (χ0) is 20.0. The van der Waals surface area contributed by atoms with Crippen LogP contribution in [0.5, 0.6) is 0 Å². The molecule has 0 atom stereocenters. The highest BCUT2D eigenvalue weighted by atomic mass is 35.5. The van der Waals surface area contributed by atoms with Gasteiger partial charge in [-0.3, -0.25) is 9.48 Å². The van der Waals surface area contributed by atoms with Crippen molar-refractivity contribution in [3.8, 4) is 23.0 Å². The molecule has 5 rings (SSSR count). The van der Waals surface area contributed by atoms with Crippen molar-refractivity contribution < 1.29 is 9.32 Å². The van der Waals surface area contributed by atoms with E-state index in [9.17, 15) is 4.79 Å². The number of amides is 1. The molecule has 0 fully saturated rings. The van der Waals surface area contributed by atoms with E-state index in [-0.39, 0.29) is 5.91 Å². The van der Waals surface area contributed by atoms with E-state index in [0.29, 0.717) is 46.1 Å². The highest BCUT2D eigenvalue weighted by molar-refractivity contribution is 7.17. The summed E-state index contributed by atoms with van der Waals surface area (Å²) in [6.45, 7) is 1.06. The molecule has 1 aromatic carbocycles. The Morgan fingerprint density at radius 2 is 2.03 bits per heavy atom. The number of benzene rings is 1. The summed E-state index contributed by atoms with van der Waals surface area (Å²) in [6, 6.07) is 13.1. The number of rotatable bonds is 3. The van der Waals surface area contributed by atoms with Crippen LogP contribution in [0.25, 0.3) is 23.0 Å². The van der Waals surface area contributed by atoms with Gasteiger partial charge in [0.15, 0.2) is 5.69 Å². The van der Waals surface area contributed by atoms with Crippen LogP contribution in [0.1, 0.15) is 20.9 Å². The second-order valence-electron chi connectivity index (χ2n) is 6.77. The summed E-state index contributed by atoms with van der Waals surface area (Å²) in [5.41, 5.74) is 3.52. The van der Waals surface area contributed by atoms with Crippen LogP contribution in [0, 0.1) is 0 Å². The number of carbonyl (C=O) groups excluding carboxylic acids is 1. The molecule has 0 saturated heterocycles. The first-order valence-electron chi connectivity index (χ1n) is 9.09. The van der Waals surface area contributed by atoms with E-state index in [1.54, 1.807) is 12.1 Å². The zero-order valence-electron chi connectivity index (χ0n) is 15.5. The van der Waals surface area contributed by atoms with Gasteiger partial charge in [-0.15, -0.1) is 11.3 Å². The Bertz CT molecular complexity index is 1200. The summed E-state index contributed by atoms with van der Waals surface area (Å²) in [7, 11) is 1.90. The molecule has 0 saturated carbocycles. The third-order valence-corrected chi connectivity index (χ3v) is 6.19. The highest BCUT2D eigenvalue weighted by Gasteiger charge is 2.30. The van der Waals surface area contributed by atoms with Crippen LogP contribution in [-0.2, 0) is 20.0 Å². The Morgan fingerprint density at radius 1 is 1.21 bits per heavy atom. The average molecular weight is 426 g/mol. The fraction of sp³-hybridized carbons (Fsp3) is 0.200. The van der Waals surface area contributed by atoms with Gasteiger partial charge in [0.25, 0.3) is 11.8 Å². The number of fused-ring (bicyclic) bond motifs is 1. The molecular weight excluding hydrogens is 410 g/mol. The molecule has 29 heavy (non-hydrogen) atoms. The third kappa shape index (κ3) is 3.24. The normalized spacial score (nSPS) is 13.5. The van der Waals surface area contributed by atoms with Crippen LogP contribution >= 0.6 is 22.9 Å². The number of thiophene rings is 1. The van der Waals surface area contributed by atoms with Crippen LogP contribution in [-0.4, -0.2) is 37.3 Å². The molecule has 3 aromatic heterocycles. The lowest BCUT2D eigenvalue weighted by Gasteiger charge is -2.27. The van der Waals surface area contributed by atoms with Gasteiger partial charge in [-0.05, 0) is 12.1 Å². The molecular formula is C20H16ClN5O2S. The Balaban J connectivity index is 1.47. The number of nitrogens with zero attached hydrogens (tertiary/aromatic N) is 5. The molecule has 0 aliphatic carbocycles. The molecule has 146 valence electrons. The zero-order valence-corrected chi connectivity index (χ0v) is 17.1. The molecule has 1 amide bonds. The maximum atomic E-state index is 12.9. The van der Waals surface area contributed by atoms with Gasteiger partial charge in [-0.25, -0.2) is 0 Å². The maximum absolute atomic E-state index is 12.9. The molecule has 4 heterocycles. The fourth-order valence-electron chi connectivity index (χ4n) is 3.55. The SMILES string of the molecule is Cn1nc(-c2nc(-c3ccccc3)no2)c2c1CCN(C(=O)c1ccc(Cl)s1)C2. The van der Waals surface area contributed by atoms with Crippen molar-refractivity contribution in [3.63, 3.8) is 0 Å².